The van der Waals surface area contributed by atoms with Gasteiger partial charge in [0.2, 0.25) is 10.0 Å². The summed E-state index contributed by atoms with van der Waals surface area (Å²) in [4.78, 5) is 0.313. The van der Waals surface area contributed by atoms with Crippen LogP contribution in [-0.4, -0.2) is 40.3 Å². The number of benzene rings is 6. The minimum atomic E-state index is -3.81. The van der Waals surface area contributed by atoms with Crippen molar-refractivity contribution >= 4 is 20.1 Å². The summed E-state index contributed by atoms with van der Waals surface area (Å²) in [5.41, 5.74) is 1.03. The van der Waals surface area contributed by atoms with Crippen LogP contribution in [0.25, 0.3) is 0 Å². The van der Waals surface area contributed by atoms with Crippen molar-refractivity contribution in [3.63, 3.8) is 0 Å². The largest absolute Gasteiger partial charge is 0.376 e. The van der Waals surface area contributed by atoms with Crippen LogP contribution in [0.5, 0.6) is 0 Å². The van der Waals surface area contributed by atoms with Crippen LogP contribution in [-0.2, 0) is 35.5 Å². The lowest BCUT2D eigenvalue weighted by Gasteiger charge is -2.32. The summed E-state index contributed by atoms with van der Waals surface area (Å²) in [6, 6.07) is 50.7. The van der Waals surface area contributed by atoms with Crippen LogP contribution in [0.2, 0.25) is 0 Å². The molecule has 1 heterocycles. The van der Waals surface area contributed by atoms with Crippen LogP contribution in [0.4, 0.5) is 0 Å². The van der Waals surface area contributed by atoms with Gasteiger partial charge < -0.3 is 5.11 Å². The molecule has 0 saturated heterocycles. The van der Waals surface area contributed by atoms with Crippen molar-refractivity contribution in [2.45, 2.75) is 21.0 Å². The molecule has 0 radical (unpaired) electrons. The fourth-order valence-electron chi connectivity index (χ4n) is 6.17. The molecule has 0 aliphatic carbocycles. The van der Waals surface area contributed by atoms with E-state index in [0.717, 1.165) is 15.4 Å². The molecule has 0 amide bonds. The van der Waals surface area contributed by atoms with Crippen LogP contribution in [0, 0.1) is 0 Å². The van der Waals surface area contributed by atoms with Crippen molar-refractivity contribution in [1.29, 1.82) is 0 Å². The van der Waals surface area contributed by atoms with Crippen molar-refractivity contribution in [3.8, 4) is 0 Å². The van der Waals surface area contributed by atoms with Gasteiger partial charge in [-0.25, -0.2) is 16.9 Å². The molecule has 0 atom stereocenters. The van der Waals surface area contributed by atoms with Gasteiger partial charge in [-0.2, -0.15) is 8.42 Å². The second-order valence-electron chi connectivity index (χ2n) is 11.7. The van der Waals surface area contributed by atoms with E-state index in [2.05, 4.69) is 0 Å². The molecule has 0 spiro atoms. The van der Waals surface area contributed by atoms with E-state index in [0.29, 0.717) is 22.3 Å². The summed E-state index contributed by atoms with van der Waals surface area (Å²) in [5, 5.41) is 11.9. The van der Waals surface area contributed by atoms with E-state index in [1.165, 1.54) is 20.2 Å². The van der Waals surface area contributed by atoms with Crippen molar-refractivity contribution in [1.82, 2.24) is 4.31 Å². The lowest BCUT2D eigenvalue weighted by molar-refractivity contribution is 0.122. The van der Waals surface area contributed by atoms with Gasteiger partial charge in [-0.15, -0.1) is 0 Å². The van der Waals surface area contributed by atoms with Crippen LogP contribution < -0.4 is 0 Å². The third-order valence-electron chi connectivity index (χ3n) is 8.55. The molecule has 49 heavy (non-hydrogen) atoms. The Bertz CT molecular complexity index is 2180. The molecule has 0 saturated carbocycles. The maximum Gasteiger partial charge on any atom is 0.298 e. The number of hydrogen-bond donors (Lipinski definition) is 1. The number of hydrogen-bond acceptors (Lipinski definition) is 6. The Hall–Kier alpha value is -4.90. The fraction of sp³-hybridized carbons (Fsp3) is 0.100. The molecule has 1 N–H and O–H groups in total. The molecule has 0 aromatic heterocycles. The fourth-order valence-corrected chi connectivity index (χ4v) is 8.74. The van der Waals surface area contributed by atoms with E-state index in [1.54, 1.807) is 54.6 Å². The maximum atomic E-state index is 12.9. The van der Waals surface area contributed by atoms with Crippen LogP contribution >= 0.6 is 0 Å². The SMILES string of the molecule is CN(C)S(=O)(=O)c1ccccc1C(O)(c1ccccc1)c1ccccc1.O=S1(=O)OC(c2ccccc2)(c2ccccc2)c2ccccc21. The Morgan fingerprint density at radius 3 is 1.49 bits per heavy atom. The molecular weight excluding hydrogens is 655 g/mol. The molecule has 1 aliphatic heterocycles. The van der Waals surface area contributed by atoms with Crippen molar-refractivity contribution in [2.24, 2.45) is 0 Å². The average molecular weight is 690 g/mol. The predicted octanol–water partition coefficient (Wildman–Crippen LogP) is 6.92. The van der Waals surface area contributed by atoms with E-state index >= 15 is 0 Å². The number of nitrogens with zero attached hydrogens (tertiary/aromatic N) is 1. The Morgan fingerprint density at radius 2 is 1.00 bits per heavy atom. The van der Waals surface area contributed by atoms with Gasteiger partial charge in [-0.3, -0.25) is 0 Å². The highest BCUT2D eigenvalue weighted by atomic mass is 32.2. The first kappa shape index (κ1) is 34.0. The summed E-state index contributed by atoms with van der Waals surface area (Å²) in [6.07, 6.45) is 0. The Labute approximate surface area is 287 Å². The van der Waals surface area contributed by atoms with Crippen molar-refractivity contribution in [2.75, 3.05) is 14.1 Å². The zero-order chi connectivity index (χ0) is 34.7. The Kier molecular flexibility index (Phi) is 9.39. The molecule has 0 fully saturated rings. The minimum absolute atomic E-state index is 0.0835. The lowest BCUT2D eigenvalue weighted by atomic mass is 9.80. The van der Waals surface area contributed by atoms with Gasteiger partial charge in [0.25, 0.3) is 10.1 Å². The van der Waals surface area contributed by atoms with E-state index in [-0.39, 0.29) is 9.79 Å². The summed E-state index contributed by atoms with van der Waals surface area (Å²) in [6.45, 7) is 0. The lowest BCUT2D eigenvalue weighted by Crippen LogP contribution is -2.33. The normalized spacial score (nSPS) is 14.8. The highest BCUT2D eigenvalue weighted by Crippen LogP contribution is 2.50. The Balaban J connectivity index is 0.000000171. The summed E-state index contributed by atoms with van der Waals surface area (Å²) in [7, 11) is -4.58. The maximum absolute atomic E-state index is 12.9. The molecule has 1 aliphatic rings. The van der Waals surface area contributed by atoms with Crippen LogP contribution in [0.15, 0.2) is 180 Å². The molecule has 6 aromatic rings. The molecule has 0 bridgehead atoms. The van der Waals surface area contributed by atoms with E-state index in [4.69, 9.17) is 4.18 Å². The van der Waals surface area contributed by atoms with Gasteiger partial charge >= 0.3 is 0 Å². The average Bonchev–Trinajstić information content (AvgIpc) is 3.40. The molecule has 248 valence electrons. The molecule has 6 aromatic carbocycles. The molecule has 0 unspecified atom stereocenters. The topological polar surface area (TPSA) is 101 Å². The van der Waals surface area contributed by atoms with E-state index in [1.807, 2.05) is 109 Å². The minimum Gasteiger partial charge on any atom is -0.376 e. The van der Waals surface area contributed by atoms with E-state index in [9.17, 15) is 21.9 Å². The molecule has 9 heteroatoms. The smallest absolute Gasteiger partial charge is 0.298 e. The van der Waals surface area contributed by atoms with Crippen molar-refractivity contribution in [3.05, 3.63) is 203 Å². The van der Waals surface area contributed by atoms with Crippen LogP contribution in [0.1, 0.15) is 33.4 Å². The van der Waals surface area contributed by atoms with Gasteiger partial charge in [0.15, 0.2) is 5.60 Å². The Morgan fingerprint density at radius 1 is 0.592 bits per heavy atom. The molecule has 7 nitrogen and oxygen atoms in total. The van der Waals surface area contributed by atoms with Gasteiger partial charge in [0, 0.05) is 25.2 Å². The number of fused-ring (bicyclic) bond motifs is 1. The summed E-state index contributed by atoms with van der Waals surface area (Å²) in [5.74, 6) is 0. The van der Waals surface area contributed by atoms with Gasteiger partial charge in [-0.1, -0.05) is 158 Å². The molecule has 7 rings (SSSR count). The predicted molar refractivity (Wildman–Crippen MR) is 190 cm³/mol. The third kappa shape index (κ3) is 6.12. The van der Waals surface area contributed by atoms with E-state index < -0.39 is 31.3 Å². The standard InChI is InChI=1S/C21H21NO3S.C19H14O3S/c1-22(2)26(24,25)20-16-10-9-15-19(20)21(23,17-11-5-3-6-12-17)18-13-7-4-8-14-18;20-23(21)18-14-8-7-13-17(18)19(22-23,15-9-3-1-4-10-15)16-11-5-2-6-12-16/h3-16,23H,1-2H3;1-14H. The number of aliphatic hydroxyl groups is 1. The van der Waals surface area contributed by atoms with Gasteiger partial charge in [-0.05, 0) is 34.4 Å². The monoisotopic (exact) mass is 689 g/mol. The quantitative estimate of drug-likeness (QED) is 0.144. The zero-order valence-corrected chi connectivity index (χ0v) is 28.6. The third-order valence-corrected chi connectivity index (χ3v) is 11.8. The number of sulfonamides is 1. The first-order valence-corrected chi connectivity index (χ1v) is 18.4. The van der Waals surface area contributed by atoms with Crippen LogP contribution in [0.3, 0.4) is 0 Å². The molecular formula is C40H35NO6S2. The first-order valence-electron chi connectivity index (χ1n) is 15.5. The first-order chi connectivity index (χ1) is 23.5. The van der Waals surface area contributed by atoms with Gasteiger partial charge in [0.1, 0.15) is 10.5 Å². The second kappa shape index (κ2) is 13.5. The highest BCUT2D eigenvalue weighted by molar-refractivity contribution is 7.89. The van der Waals surface area contributed by atoms with Gasteiger partial charge in [0.05, 0.1) is 4.90 Å². The summed E-state index contributed by atoms with van der Waals surface area (Å²) >= 11 is 0. The van der Waals surface area contributed by atoms with Crippen molar-refractivity contribution < 1.29 is 26.1 Å². The number of rotatable bonds is 7. The highest BCUT2D eigenvalue weighted by Gasteiger charge is 2.51. The zero-order valence-electron chi connectivity index (χ0n) is 26.9. The summed E-state index contributed by atoms with van der Waals surface area (Å²) < 4.78 is 57.8. The second-order valence-corrected chi connectivity index (χ2v) is 15.3.